The van der Waals surface area contributed by atoms with Crippen LogP contribution in [-0.4, -0.2) is 15.5 Å². The SMILES string of the molecule is C[C@](NCc1nnsc1Cl)(C(N)=O)c1cccc(Cl)c1. The average Bonchev–Trinajstić information content (AvgIpc) is 2.81. The molecule has 1 atom stereocenters. The fourth-order valence-corrected chi connectivity index (χ4v) is 2.51. The largest absolute Gasteiger partial charge is 0.368 e. The van der Waals surface area contributed by atoms with Gasteiger partial charge in [-0.1, -0.05) is 39.8 Å². The summed E-state index contributed by atoms with van der Waals surface area (Å²) >= 11 is 13.0. The van der Waals surface area contributed by atoms with Gasteiger partial charge in [0.05, 0.1) is 0 Å². The molecule has 106 valence electrons. The highest BCUT2D eigenvalue weighted by molar-refractivity contribution is 7.10. The Morgan fingerprint density at radius 2 is 2.25 bits per heavy atom. The standard InChI is InChI=1S/C12H12Cl2N4OS/c1-12(11(15)19,7-3-2-4-8(13)5-7)16-6-9-10(14)20-18-17-9/h2-5,16H,6H2,1H3,(H2,15,19)/t12-/m1/s1. The van der Waals surface area contributed by atoms with Gasteiger partial charge >= 0.3 is 0 Å². The summed E-state index contributed by atoms with van der Waals surface area (Å²) in [5.41, 5.74) is 5.70. The topological polar surface area (TPSA) is 80.9 Å². The second-order valence-corrected chi connectivity index (χ2v) is 6.14. The highest BCUT2D eigenvalue weighted by atomic mass is 35.5. The van der Waals surface area contributed by atoms with Crippen LogP contribution in [0.4, 0.5) is 0 Å². The third kappa shape index (κ3) is 3.09. The zero-order valence-electron chi connectivity index (χ0n) is 10.6. The quantitative estimate of drug-likeness (QED) is 0.881. The first-order valence-corrected chi connectivity index (χ1v) is 7.24. The van der Waals surface area contributed by atoms with Crippen LogP contribution in [0, 0.1) is 0 Å². The van der Waals surface area contributed by atoms with E-state index in [-0.39, 0.29) is 6.54 Å². The summed E-state index contributed by atoms with van der Waals surface area (Å²) in [7, 11) is 0. The third-order valence-corrected chi connectivity index (χ3v) is 4.23. The number of carbonyl (C=O) groups is 1. The fraction of sp³-hybridized carbons (Fsp3) is 0.250. The normalized spacial score (nSPS) is 13.9. The van der Waals surface area contributed by atoms with E-state index in [1.165, 1.54) is 0 Å². The molecule has 0 bridgehead atoms. The minimum atomic E-state index is -1.07. The lowest BCUT2D eigenvalue weighted by Gasteiger charge is -2.28. The van der Waals surface area contributed by atoms with E-state index < -0.39 is 11.4 Å². The Hall–Kier alpha value is -1.21. The molecule has 3 N–H and O–H groups in total. The van der Waals surface area contributed by atoms with Crippen LogP contribution in [0.15, 0.2) is 24.3 Å². The fourth-order valence-electron chi connectivity index (χ4n) is 1.69. The van der Waals surface area contributed by atoms with Crippen molar-refractivity contribution in [2.24, 2.45) is 5.73 Å². The van der Waals surface area contributed by atoms with Crippen molar-refractivity contribution in [1.29, 1.82) is 0 Å². The minimum absolute atomic E-state index is 0.279. The molecule has 5 nitrogen and oxygen atoms in total. The molecule has 1 amide bonds. The number of hydrogen-bond donors (Lipinski definition) is 2. The van der Waals surface area contributed by atoms with Crippen LogP contribution >= 0.6 is 34.7 Å². The summed E-state index contributed by atoms with van der Waals surface area (Å²) in [5.74, 6) is -0.515. The van der Waals surface area contributed by atoms with Crippen molar-refractivity contribution in [2.75, 3.05) is 0 Å². The molecule has 0 radical (unpaired) electrons. The van der Waals surface area contributed by atoms with Crippen LogP contribution in [0.2, 0.25) is 9.36 Å². The summed E-state index contributed by atoms with van der Waals surface area (Å²) < 4.78 is 4.22. The first-order valence-electron chi connectivity index (χ1n) is 5.71. The number of nitrogens with two attached hydrogens (primary N) is 1. The van der Waals surface area contributed by atoms with Crippen molar-refractivity contribution in [1.82, 2.24) is 14.9 Å². The molecule has 0 spiro atoms. The molecule has 2 aromatic rings. The number of carbonyl (C=O) groups excluding carboxylic acids is 1. The van der Waals surface area contributed by atoms with Gasteiger partial charge in [0, 0.05) is 23.1 Å². The predicted molar refractivity (Wildman–Crippen MR) is 79.8 cm³/mol. The van der Waals surface area contributed by atoms with E-state index in [9.17, 15) is 4.79 Å². The van der Waals surface area contributed by atoms with Crippen LogP contribution in [0.5, 0.6) is 0 Å². The summed E-state index contributed by atoms with van der Waals surface area (Å²) in [5, 5.41) is 7.49. The number of rotatable bonds is 5. The zero-order chi connectivity index (χ0) is 14.8. The summed E-state index contributed by atoms with van der Waals surface area (Å²) in [6.07, 6.45) is 0. The van der Waals surface area contributed by atoms with Gasteiger partial charge in [-0.15, -0.1) is 5.10 Å². The monoisotopic (exact) mass is 330 g/mol. The van der Waals surface area contributed by atoms with Crippen molar-refractivity contribution >= 4 is 40.6 Å². The van der Waals surface area contributed by atoms with Crippen molar-refractivity contribution < 1.29 is 4.79 Å². The van der Waals surface area contributed by atoms with Gasteiger partial charge < -0.3 is 5.73 Å². The molecule has 0 unspecified atom stereocenters. The van der Waals surface area contributed by atoms with Crippen LogP contribution in [0.25, 0.3) is 0 Å². The second-order valence-electron chi connectivity index (χ2n) is 4.35. The molecule has 0 saturated heterocycles. The van der Waals surface area contributed by atoms with Gasteiger partial charge in [-0.3, -0.25) is 10.1 Å². The van der Waals surface area contributed by atoms with E-state index >= 15 is 0 Å². The van der Waals surface area contributed by atoms with Gasteiger partial charge in [0.15, 0.2) is 0 Å². The summed E-state index contributed by atoms with van der Waals surface area (Å²) in [6, 6.07) is 6.97. The van der Waals surface area contributed by atoms with Gasteiger partial charge in [0.2, 0.25) is 5.91 Å². The average molecular weight is 331 g/mol. The van der Waals surface area contributed by atoms with Gasteiger partial charge in [-0.05, 0) is 24.6 Å². The van der Waals surface area contributed by atoms with Gasteiger partial charge in [-0.2, -0.15) is 0 Å². The Morgan fingerprint density at radius 3 is 2.80 bits per heavy atom. The van der Waals surface area contributed by atoms with Crippen LogP contribution < -0.4 is 11.1 Å². The molecular formula is C12H12Cl2N4OS. The molecule has 2 rings (SSSR count). The number of benzene rings is 1. The van der Waals surface area contributed by atoms with Crippen molar-refractivity contribution in [3.63, 3.8) is 0 Å². The lowest BCUT2D eigenvalue weighted by molar-refractivity contribution is -0.124. The van der Waals surface area contributed by atoms with E-state index in [2.05, 4.69) is 14.9 Å². The number of primary amides is 1. The van der Waals surface area contributed by atoms with E-state index in [4.69, 9.17) is 28.9 Å². The van der Waals surface area contributed by atoms with Crippen LogP contribution in [0.1, 0.15) is 18.2 Å². The van der Waals surface area contributed by atoms with Gasteiger partial charge in [0.1, 0.15) is 15.6 Å². The minimum Gasteiger partial charge on any atom is -0.368 e. The Bertz CT molecular complexity index is 633. The number of nitrogens with zero attached hydrogens (tertiary/aromatic N) is 2. The molecule has 0 fully saturated rings. The Kier molecular flexibility index (Phi) is 4.59. The molecule has 1 heterocycles. The smallest absolute Gasteiger partial charge is 0.242 e. The van der Waals surface area contributed by atoms with E-state index in [1.54, 1.807) is 31.2 Å². The Labute approximate surface area is 130 Å². The predicted octanol–water partition coefficient (Wildman–Crippen LogP) is 2.34. The van der Waals surface area contributed by atoms with Crippen molar-refractivity contribution in [2.45, 2.75) is 19.0 Å². The van der Waals surface area contributed by atoms with E-state index in [1.807, 2.05) is 0 Å². The maximum Gasteiger partial charge on any atom is 0.242 e. The highest BCUT2D eigenvalue weighted by Gasteiger charge is 2.33. The lowest BCUT2D eigenvalue weighted by atomic mass is 9.91. The molecule has 0 aliphatic carbocycles. The first-order chi connectivity index (χ1) is 9.43. The maximum absolute atomic E-state index is 11.8. The molecule has 1 aromatic carbocycles. The number of hydrogen-bond acceptors (Lipinski definition) is 5. The Balaban J connectivity index is 2.26. The van der Waals surface area contributed by atoms with E-state index in [0.29, 0.717) is 20.6 Å². The molecule has 0 aliphatic heterocycles. The van der Waals surface area contributed by atoms with Crippen LogP contribution in [0.3, 0.4) is 0 Å². The summed E-state index contributed by atoms with van der Waals surface area (Å²) in [4.78, 5) is 11.8. The number of halogens is 2. The Morgan fingerprint density at radius 1 is 1.50 bits per heavy atom. The third-order valence-electron chi connectivity index (χ3n) is 3.01. The molecule has 0 saturated carbocycles. The number of amides is 1. The number of aromatic nitrogens is 2. The van der Waals surface area contributed by atoms with E-state index in [0.717, 1.165) is 11.5 Å². The highest BCUT2D eigenvalue weighted by Crippen LogP contribution is 2.25. The number of nitrogens with one attached hydrogen (secondary N) is 1. The molecular weight excluding hydrogens is 319 g/mol. The molecule has 1 aromatic heterocycles. The zero-order valence-corrected chi connectivity index (χ0v) is 12.9. The summed E-state index contributed by atoms with van der Waals surface area (Å²) in [6.45, 7) is 1.97. The van der Waals surface area contributed by atoms with Crippen molar-refractivity contribution in [3.05, 3.63) is 44.9 Å². The first kappa shape index (κ1) is 15.2. The second kappa shape index (κ2) is 6.05. The van der Waals surface area contributed by atoms with Crippen LogP contribution in [-0.2, 0) is 16.9 Å². The van der Waals surface area contributed by atoms with Gasteiger partial charge in [-0.25, -0.2) is 0 Å². The lowest BCUT2D eigenvalue weighted by Crippen LogP contribution is -2.50. The molecule has 0 aliphatic rings. The molecule has 20 heavy (non-hydrogen) atoms. The van der Waals surface area contributed by atoms with Gasteiger partial charge in [0.25, 0.3) is 0 Å². The van der Waals surface area contributed by atoms with Crippen molar-refractivity contribution in [3.8, 4) is 0 Å². The molecule has 8 heteroatoms. The maximum atomic E-state index is 11.8.